The maximum atomic E-state index is 12.3. The molecule has 0 unspecified atom stereocenters. The highest BCUT2D eigenvalue weighted by molar-refractivity contribution is 5.79. The second kappa shape index (κ2) is 7.99. The van der Waals surface area contributed by atoms with Crippen LogP contribution in [0, 0.1) is 12.3 Å². The molecule has 0 aromatic heterocycles. The van der Waals surface area contributed by atoms with E-state index < -0.39 is 5.54 Å². The average molecular weight is 310 g/mol. The van der Waals surface area contributed by atoms with Crippen molar-refractivity contribution in [1.29, 1.82) is 0 Å². The Kier molecular flexibility index (Phi) is 6.01. The molecule has 2 rings (SSSR count). The van der Waals surface area contributed by atoms with E-state index in [0.717, 1.165) is 32.4 Å². The van der Waals surface area contributed by atoms with Gasteiger partial charge in [-0.3, -0.25) is 9.69 Å². The Morgan fingerprint density at radius 1 is 1.30 bits per heavy atom. The standard InChI is InChI=1S/C20H26N2O/c1-4-20(5-2,6-3)21-19(23)16-22-14-12-18(13-15-22)17-10-8-7-9-11-17/h1,7-12H,5-6,13-16H2,2-3H3,(H,21,23). The predicted molar refractivity (Wildman–Crippen MR) is 95.8 cm³/mol. The smallest absolute Gasteiger partial charge is 0.235 e. The van der Waals surface area contributed by atoms with Crippen LogP contribution < -0.4 is 5.32 Å². The topological polar surface area (TPSA) is 32.3 Å². The molecule has 1 amide bonds. The first-order valence-electron chi connectivity index (χ1n) is 8.38. The van der Waals surface area contributed by atoms with Gasteiger partial charge in [0.1, 0.15) is 5.54 Å². The molecule has 0 spiro atoms. The Morgan fingerprint density at radius 2 is 2.00 bits per heavy atom. The summed E-state index contributed by atoms with van der Waals surface area (Å²) < 4.78 is 0. The largest absolute Gasteiger partial charge is 0.339 e. The van der Waals surface area contributed by atoms with Crippen molar-refractivity contribution < 1.29 is 4.79 Å². The molecule has 0 saturated carbocycles. The molecule has 3 nitrogen and oxygen atoms in total. The molecule has 0 atom stereocenters. The fourth-order valence-electron chi connectivity index (χ4n) is 2.95. The number of amides is 1. The Hall–Kier alpha value is -2.05. The predicted octanol–water partition coefficient (Wildman–Crippen LogP) is 3.08. The fourth-order valence-corrected chi connectivity index (χ4v) is 2.95. The second-order valence-corrected chi connectivity index (χ2v) is 6.06. The Bertz CT molecular complexity index is 594. The number of carbonyl (C=O) groups excluding carboxylic acids is 1. The van der Waals surface area contributed by atoms with E-state index in [1.165, 1.54) is 11.1 Å². The van der Waals surface area contributed by atoms with Gasteiger partial charge in [0.15, 0.2) is 0 Å². The summed E-state index contributed by atoms with van der Waals surface area (Å²) >= 11 is 0. The molecule has 0 saturated heterocycles. The van der Waals surface area contributed by atoms with Gasteiger partial charge in [0, 0.05) is 13.1 Å². The molecular weight excluding hydrogens is 284 g/mol. The van der Waals surface area contributed by atoms with Crippen LogP contribution in [0.3, 0.4) is 0 Å². The Balaban J connectivity index is 1.90. The molecule has 1 aliphatic rings. The minimum absolute atomic E-state index is 0.0169. The number of nitrogens with one attached hydrogen (secondary N) is 1. The third kappa shape index (κ3) is 4.46. The summed E-state index contributed by atoms with van der Waals surface area (Å²) in [4.78, 5) is 14.4. The van der Waals surface area contributed by atoms with Crippen LogP contribution in [0.5, 0.6) is 0 Å². The SMILES string of the molecule is C#CC(CC)(CC)NC(=O)CN1CC=C(c2ccccc2)CC1. The van der Waals surface area contributed by atoms with Crippen LogP contribution in [0.4, 0.5) is 0 Å². The van der Waals surface area contributed by atoms with Gasteiger partial charge in [-0.2, -0.15) is 0 Å². The quantitative estimate of drug-likeness (QED) is 0.819. The van der Waals surface area contributed by atoms with Crippen molar-refractivity contribution >= 4 is 11.5 Å². The van der Waals surface area contributed by atoms with Crippen LogP contribution in [0.2, 0.25) is 0 Å². The van der Waals surface area contributed by atoms with Crippen molar-refractivity contribution in [2.45, 2.75) is 38.6 Å². The minimum Gasteiger partial charge on any atom is -0.339 e. The lowest BCUT2D eigenvalue weighted by molar-refractivity contribution is -0.123. The average Bonchev–Trinajstić information content (AvgIpc) is 2.61. The summed E-state index contributed by atoms with van der Waals surface area (Å²) in [5.41, 5.74) is 2.14. The molecule has 1 aliphatic heterocycles. The normalized spacial score (nSPS) is 15.6. The number of nitrogens with zero attached hydrogens (tertiary/aromatic N) is 1. The highest BCUT2D eigenvalue weighted by atomic mass is 16.2. The molecule has 3 heteroatoms. The number of hydrogen-bond donors (Lipinski definition) is 1. The van der Waals surface area contributed by atoms with E-state index in [0.29, 0.717) is 6.54 Å². The van der Waals surface area contributed by atoms with E-state index in [-0.39, 0.29) is 5.91 Å². The molecule has 122 valence electrons. The zero-order chi connectivity index (χ0) is 16.7. The molecule has 0 fully saturated rings. The molecule has 0 aliphatic carbocycles. The molecule has 1 aromatic carbocycles. The van der Waals surface area contributed by atoms with Gasteiger partial charge in [-0.1, -0.05) is 56.2 Å². The minimum atomic E-state index is -0.502. The molecule has 0 radical (unpaired) electrons. The lowest BCUT2D eigenvalue weighted by Gasteiger charge is -2.30. The first kappa shape index (κ1) is 17.3. The third-order valence-electron chi connectivity index (χ3n) is 4.67. The first-order valence-corrected chi connectivity index (χ1v) is 8.38. The van der Waals surface area contributed by atoms with Crippen molar-refractivity contribution in [2.24, 2.45) is 0 Å². The third-order valence-corrected chi connectivity index (χ3v) is 4.67. The molecule has 23 heavy (non-hydrogen) atoms. The molecule has 1 aromatic rings. The highest BCUT2D eigenvalue weighted by Gasteiger charge is 2.26. The van der Waals surface area contributed by atoms with Gasteiger partial charge in [0.05, 0.1) is 6.54 Å². The monoisotopic (exact) mass is 310 g/mol. The lowest BCUT2D eigenvalue weighted by Crippen LogP contribution is -2.50. The second-order valence-electron chi connectivity index (χ2n) is 6.06. The summed E-state index contributed by atoms with van der Waals surface area (Å²) in [6.45, 7) is 6.13. The lowest BCUT2D eigenvalue weighted by atomic mass is 9.94. The first-order chi connectivity index (χ1) is 11.1. The van der Waals surface area contributed by atoms with Gasteiger partial charge < -0.3 is 5.32 Å². The van der Waals surface area contributed by atoms with Gasteiger partial charge in [0.25, 0.3) is 0 Å². The summed E-state index contributed by atoms with van der Waals surface area (Å²) in [7, 11) is 0. The number of terminal acetylenes is 1. The zero-order valence-electron chi connectivity index (χ0n) is 14.1. The summed E-state index contributed by atoms with van der Waals surface area (Å²) in [6.07, 6.45) is 10.3. The van der Waals surface area contributed by atoms with Crippen molar-refractivity contribution in [3.05, 3.63) is 42.0 Å². The van der Waals surface area contributed by atoms with Crippen LogP contribution in [-0.2, 0) is 4.79 Å². The number of hydrogen-bond acceptors (Lipinski definition) is 2. The summed E-state index contributed by atoms with van der Waals surface area (Å²) in [6, 6.07) is 10.4. The van der Waals surface area contributed by atoms with Gasteiger partial charge in [0.2, 0.25) is 5.91 Å². The van der Waals surface area contributed by atoms with E-state index >= 15 is 0 Å². The molecular formula is C20H26N2O. The highest BCUT2D eigenvalue weighted by Crippen LogP contribution is 2.22. The van der Waals surface area contributed by atoms with Crippen molar-refractivity contribution in [2.75, 3.05) is 19.6 Å². The van der Waals surface area contributed by atoms with Gasteiger partial charge >= 0.3 is 0 Å². The van der Waals surface area contributed by atoms with E-state index in [4.69, 9.17) is 6.42 Å². The van der Waals surface area contributed by atoms with Crippen molar-refractivity contribution in [3.8, 4) is 12.3 Å². The van der Waals surface area contributed by atoms with E-state index in [9.17, 15) is 4.79 Å². The number of benzene rings is 1. The van der Waals surface area contributed by atoms with Crippen LogP contribution in [0.25, 0.3) is 5.57 Å². The molecule has 1 N–H and O–H groups in total. The maximum absolute atomic E-state index is 12.3. The van der Waals surface area contributed by atoms with E-state index in [1.54, 1.807) is 0 Å². The van der Waals surface area contributed by atoms with Crippen LogP contribution in [0.15, 0.2) is 36.4 Å². The van der Waals surface area contributed by atoms with Crippen LogP contribution in [-0.4, -0.2) is 36.0 Å². The van der Waals surface area contributed by atoms with Gasteiger partial charge in [-0.15, -0.1) is 6.42 Å². The number of carbonyl (C=O) groups is 1. The van der Waals surface area contributed by atoms with Crippen LogP contribution >= 0.6 is 0 Å². The Labute approximate surface area is 139 Å². The van der Waals surface area contributed by atoms with Crippen LogP contribution in [0.1, 0.15) is 38.7 Å². The molecule has 1 heterocycles. The summed E-state index contributed by atoms with van der Waals surface area (Å²) in [5.74, 6) is 2.77. The fraction of sp³-hybridized carbons (Fsp3) is 0.450. The zero-order valence-corrected chi connectivity index (χ0v) is 14.1. The summed E-state index contributed by atoms with van der Waals surface area (Å²) in [5, 5.41) is 3.03. The van der Waals surface area contributed by atoms with Crippen molar-refractivity contribution in [1.82, 2.24) is 10.2 Å². The van der Waals surface area contributed by atoms with E-state index in [2.05, 4.69) is 46.5 Å². The molecule has 0 bridgehead atoms. The van der Waals surface area contributed by atoms with Crippen molar-refractivity contribution in [3.63, 3.8) is 0 Å². The van der Waals surface area contributed by atoms with E-state index in [1.807, 2.05) is 19.9 Å². The number of rotatable bonds is 6. The van der Waals surface area contributed by atoms with Gasteiger partial charge in [-0.05, 0) is 30.4 Å². The van der Waals surface area contributed by atoms with Gasteiger partial charge in [-0.25, -0.2) is 0 Å². The maximum Gasteiger partial charge on any atom is 0.235 e. The Morgan fingerprint density at radius 3 is 2.52 bits per heavy atom.